The normalized spacial score (nSPS) is 14.4. The summed E-state index contributed by atoms with van der Waals surface area (Å²) >= 11 is 1.61. The van der Waals surface area contributed by atoms with Gasteiger partial charge < -0.3 is 20.1 Å². The minimum absolute atomic E-state index is 0.0262. The van der Waals surface area contributed by atoms with Gasteiger partial charge in [0.05, 0.1) is 42.6 Å². The van der Waals surface area contributed by atoms with Crippen molar-refractivity contribution in [2.24, 2.45) is 0 Å². The Balaban J connectivity index is 2.51. The van der Waals surface area contributed by atoms with Crippen molar-refractivity contribution in [1.29, 1.82) is 5.26 Å². The summed E-state index contributed by atoms with van der Waals surface area (Å²) in [5.41, 5.74) is -1.61. The number of hydrogen-bond donors (Lipinski definition) is 2. The number of methoxy groups -OCH3 is 1. The average Bonchev–Trinajstić information content (AvgIpc) is 2.91. The molecule has 0 aromatic heterocycles. The van der Waals surface area contributed by atoms with Crippen molar-refractivity contribution in [3.8, 4) is 6.07 Å². The van der Waals surface area contributed by atoms with Crippen molar-refractivity contribution < 1.29 is 32.6 Å². The highest BCUT2D eigenvalue weighted by molar-refractivity contribution is 14.1. The standard InChI is InChI=1S/C16H13F3IN3O4/c1-27-15(26)10-7-23(2-3-24)14(25)13(10)22-12-8(6-21)4-9(5-11(12)20)16(17,18)19/h4-5,22,24H,2-3,7H2,1H3. The van der Waals surface area contributed by atoms with Gasteiger partial charge in [-0.25, -0.2) is 4.79 Å². The molecule has 1 aromatic carbocycles. The number of nitriles is 1. The van der Waals surface area contributed by atoms with Crippen LogP contribution in [0.2, 0.25) is 0 Å². The lowest BCUT2D eigenvalue weighted by molar-refractivity contribution is -0.138. The van der Waals surface area contributed by atoms with E-state index in [0.29, 0.717) is 6.07 Å². The van der Waals surface area contributed by atoms with Gasteiger partial charge in [-0.15, -0.1) is 0 Å². The Labute approximate surface area is 165 Å². The summed E-state index contributed by atoms with van der Waals surface area (Å²) in [6, 6.07) is 3.15. The number of esters is 1. The van der Waals surface area contributed by atoms with Crippen molar-refractivity contribution >= 4 is 40.2 Å². The molecule has 0 bridgehead atoms. The second kappa shape index (κ2) is 8.13. The summed E-state index contributed by atoms with van der Waals surface area (Å²) in [7, 11) is 1.12. The zero-order valence-electron chi connectivity index (χ0n) is 13.9. The molecule has 1 aliphatic rings. The molecule has 0 saturated heterocycles. The summed E-state index contributed by atoms with van der Waals surface area (Å²) in [5.74, 6) is -1.43. The van der Waals surface area contributed by atoms with E-state index in [1.807, 2.05) is 0 Å². The molecule has 144 valence electrons. The van der Waals surface area contributed by atoms with E-state index in [1.165, 1.54) is 4.90 Å². The number of halogens is 4. The van der Waals surface area contributed by atoms with E-state index >= 15 is 0 Å². The first kappa shape index (κ1) is 21.0. The Morgan fingerprint density at radius 3 is 2.67 bits per heavy atom. The summed E-state index contributed by atoms with van der Waals surface area (Å²) in [6.07, 6.45) is -4.64. The molecule has 1 aliphatic heterocycles. The quantitative estimate of drug-likeness (QED) is 0.478. The van der Waals surface area contributed by atoms with Crippen LogP contribution in [0.5, 0.6) is 0 Å². The molecule has 0 saturated carbocycles. The fraction of sp³-hybridized carbons (Fsp3) is 0.312. The van der Waals surface area contributed by atoms with Gasteiger partial charge in [0.25, 0.3) is 5.91 Å². The molecule has 1 aromatic rings. The number of aliphatic hydroxyl groups excluding tert-OH is 1. The summed E-state index contributed by atoms with van der Waals surface area (Å²) < 4.78 is 43.5. The Morgan fingerprint density at radius 2 is 2.15 bits per heavy atom. The molecule has 11 heteroatoms. The maximum atomic E-state index is 12.9. The number of nitrogens with zero attached hydrogens (tertiary/aromatic N) is 2. The predicted octanol–water partition coefficient (Wildman–Crippen LogP) is 1.86. The van der Waals surface area contributed by atoms with Gasteiger partial charge in [-0.2, -0.15) is 18.4 Å². The van der Waals surface area contributed by atoms with Crippen molar-refractivity contribution in [2.45, 2.75) is 6.18 Å². The number of anilines is 1. The van der Waals surface area contributed by atoms with E-state index in [-0.39, 0.29) is 45.8 Å². The van der Waals surface area contributed by atoms with Crippen LogP contribution in [0.15, 0.2) is 23.4 Å². The van der Waals surface area contributed by atoms with E-state index < -0.39 is 23.6 Å². The van der Waals surface area contributed by atoms with Crippen molar-refractivity contribution in [2.75, 3.05) is 32.1 Å². The van der Waals surface area contributed by atoms with Crippen LogP contribution in [0, 0.1) is 14.9 Å². The number of aliphatic hydroxyl groups is 1. The smallest absolute Gasteiger partial charge is 0.416 e. The molecule has 0 aliphatic carbocycles. The van der Waals surface area contributed by atoms with Crippen molar-refractivity contribution in [3.05, 3.63) is 38.1 Å². The number of ether oxygens (including phenoxy) is 1. The summed E-state index contributed by atoms with van der Waals surface area (Å²) in [6.45, 7) is -0.512. The van der Waals surface area contributed by atoms with Crippen LogP contribution in [0.1, 0.15) is 11.1 Å². The molecule has 0 spiro atoms. The first-order valence-electron chi connectivity index (χ1n) is 7.43. The number of alkyl halides is 3. The highest BCUT2D eigenvalue weighted by Crippen LogP contribution is 2.35. The number of benzene rings is 1. The first-order valence-corrected chi connectivity index (χ1v) is 8.51. The lowest BCUT2D eigenvalue weighted by Gasteiger charge is -2.16. The SMILES string of the molecule is COC(=O)C1=C(Nc2c(I)cc(C(F)(F)F)cc2C#N)C(=O)N(CCO)C1. The summed E-state index contributed by atoms with van der Waals surface area (Å²) in [5, 5.41) is 20.9. The molecular weight excluding hydrogens is 482 g/mol. The maximum absolute atomic E-state index is 12.9. The van der Waals surface area contributed by atoms with Gasteiger partial charge in [-0.05, 0) is 34.7 Å². The van der Waals surface area contributed by atoms with Crippen LogP contribution in [0.3, 0.4) is 0 Å². The van der Waals surface area contributed by atoms with E-state index in [4.69, 9.17) is 5.11 Å². The van der Waals surface area contributed by atoms with Gasteiger partial charge in [0.15, 0.2) is 0 Å². The molecule has 0 atom stereocenters. The van der Waals surface area contributed by atoms with Gasteiger partial charge in [-0.3, -0.25) is 4.79 Å². The topological polar surface area (TPSA) is 103 Å². The Morgan fingerprint density at radius 1 is 1.48 bits per heavy atom. The first-order chi connectivity index (χ1) is 12.6. The van der Waals surface area contributed by atoms with E-state index in [2.05, 4.69) is 10.1 Å². The van der Waals surface area contributed by atoms with Crippen LogP contribution in [0.25, 0.3) is 0 Å². The maximum Gasteiger partial charge on any atom is 0.416 e. The molecule has 0 unspecified atom stereocenters. The highest BCUT2D eigenvalue weighted by atomic mass is 127. The van der Waals surface area contributed by atoms with Gasteiger partial charge in [0.1, 0.15) is 11.8 Å². The number of carbonyl (C=O) groups excluding carboxylic acids is 2. The lowest BCUT2D eigenvalue weighted by Crippen LogP contribution is -2.31. The molecule has 2 N–H and O–H groups in total. The Kier molecular flexibility index (Phi) is 6.32. The lowest BCUT2D eigenvalue weighted by atomic mass is 10.1. The largest absolute Gasteiger partial charge is 0.466 e. The van der Waals surface area contributed by atoms with Gasteiger partial charge in [-0.1, -0.05) is 0 Å². The highest BCUT2D eigenvalue weighted by Gasteiger charge is 2.36. The molecular formula is C16H13F3IN3O4. The second-order valence-corrected chi connectivity index (χ2v) is 6.57. The van der Waals surface area contributed by atoms with Crippen LogP contribution >= 0.6 is 22.6 Å². The number of nitrogens with one attached hydrogen (secondary N) is 1. The van der Waals surface area contributed by atoms with Crippen molar-refractivity contribution in [1.82, 2.24) is 4.90 Å². The van der Waals surface area contributed by atoms with Crippen LogP contribution in [0.4, 0.5) is 18.9 Å². The second-order valence-electron chi connectivity index (χ2n) is 5.41. The number of β-amino-alcohol motifs (C(OH)–C–C–N with tert-alkyl or cyclic N) is 1. The van der Waals surface area contributed by atoms with Crippen LogP contribution < -0.4 is 5.32 Å². The fourth-order valence-electron chi connectivity index (χ4n) is 2.46. The van der Waals surface area contributed by atoms with E-state index in [1.54, 1.807) is 28.7 Å². The molecule has 1 amide bonds. The third kappa shape index (κ3) is 4.33. The third-order valence-corrected chi connectivity index (χ3v) is 4.59. The Bertz CT molecular complexity index is 862. The zero-order chi connectivity index (χ0) is 20.4. The number of rotatable bonds is 5. The predicted molar refractivity (Wildman–Crippen MR) is 95.2 cm³/mol. The molecule has 2 rings (SSSR count). The molecule has 0 fully saturated rings. The molecule has 1 heterocycles. The van der Waals surface area contributed by atoms with Crippen LogP contribution in [-0.4, -0.2) is 48.7 Å². The van der Waals surface area contributed by atoms with Crippen LogP contribution in [-0.2, 0) is 20.5 Å². The fourth-order valence-corrected chi connectivity index (χ4v) is 3.22. The van der Waals surface area contributed by atoms with Crippen molar-refractivity contribution in [3.63, 3.8) is 0 Å². The number of amides is 1. The number of carbonyl (C=O) groups is 2. The summed E-state index contributed by atoms with van der Waals surface area (Å²) in [4.78, 5) is 25.6. The number of hydrogen-bond acceptors (Lipinski definition) is 6. The van der Waals surface area contributed by atoms with E-state index in [0.717, 1.165) is 13.2 Å². The third-order valence-electron chi connectivity index (χ3n) is 3.74. The molecule has 7 nitrogen and oxygen atoms in total. The monoisotopic (exact) mass is 495 g/mol. The average molecular weight is 495 g/mol. The minimum Gasteiger partial charge on any atom is -0.466 e. The Hall–Kier alpha value is -2.33. The van der Waals surface area contributed by atoms with Gasteiger partial charge >= 0.3 is 12.1 Å². The zero-order valence-corrected chi connectivity index (χ0v) is 16.0. The molecule has 27 heavy (non-hydrogen) atoms. The van der Waals surface area contributed by atoms with Gasteiger partial charge in [0.2, 0.25) is 0 Å². The van der Waals surface area contributed by atoms with E-state index in [9.17, 15) is 28.0 Å². The van der Waals surface area contributed by atoms with Gasteiger partial charge in [0, 0.05) is 10.1 Å². The molecule has 0 radical (unpaired) electrons. The minimum atomic E-state index is -4.64.